The maximum atomic E-state index is 13.5. The summed E-state index contributed by atoms with van der Waals surface area (Å²) in [4.78, 5) is 39.9. The molecule has 8 heteroatoms. The topological polar surface area (TPSA) is 108 Å². The van der Waals surface area contributed by atoms with Crippen LogP contribution >= 0.6 is 11.3 Å². The smallest absolute Gasteiger partial charge is 0.329 e. The zero-order valence-electron chi connectivity index (χ0n) is 21.4. The molecule has 194 valence electrons. The highest BCUT2D eigenvalue weighted by Gasteiger charge is 2.43. The fourth-order valence-electron chi connectivity index (χ4n) is 5.03. The Morgan fingerprint density at radius 1 is 0.946 bits per heavy atom. The number of hydrogen-bond donors (Lipinski definition) is 4. The van der Waals surface area contributed by atoms with Crippen LogP contribution < -0.4 is 16.0 Å². The van der Waals surface area contributed by atoms with E-state index in [-0.39, 0.29) is 11.5 Å². The number of amides is 3. The summed E-state index contributed by atoms with van der Waals surface area (Å²) < 4.78 is 0. The van der Waals surface area contributed by atoms with E-state index in [2.05, 4.69) is 16.0 Å². The van der Waals surface area contributed by atoms with Crippen LogP contribution in [0.3, 0.4) is 0 Å². The normalized spacial score (nSPS) is 15.4. The number of para-hydroxylation sites is 1. The summed E-state index contributed by atoms with van der Waals surface area (Å²) in [6.45, 7) is 5.41. The third-order valence-electron chi connectivity index (χ3n) is 7.28. The number of rotatable bonds is 7. The average Bonchev–Trinajstić information content (AvgIpc) is 3.42. The van der Waals surface area contributed by atoms with Crippen LogP contribution in [-0.4, -0.2) is 28.6 Å². The maximum Gasteiger partial charge on any atom is 0.329 e. The Bertz CT molecular complexity index is 1280. The molecule has 0 saturated heterocycles. The van der Waals surface area contributed by atoms with E-state index in [1.807, 2.05) is 55.6 Å². The number of benzene rings is 2. The molecule has 1 aliphatic carbocycles. The zero-order valence-corrected chi connectivity index (χ0v) is 22.2. The van der Waals surface area contributed by atoms with E-state index >= 15 is 0 Å². The van der Waals surface area contributed by atoms with Gasteiger partial charge < -0.3 is 21.1 Å². The lowest BCUT2D eigenvalue weighted by molar-refractivity contribution is -0.146. The third kappa shape index (κ3) is 5.85. The van der Waals surface area contributed by atoms with Crippen LogP contribution in [0.5, 0.6) is 0 Å². The fourth-order valence-corrected chi connectivity index (χ4v) is 5.76. The van der Waals surface area contributed by atoms with Gasteiger partial charge in [-0.05, 0) is 79.8 Å². The predicted octanol–water partition coefficient (Wildman–Crippen LogP) is 6.83. The van der Waals surface area contributed by atoms with Crippen LogP contribution in [0.2, 0.25) is 0 Å². The second kappa shape index (κ2) is 11.2. The number of carbonyl (C=O) groups excluding carboxylic acids is 2. The molecule has 1 saturated carbocycles. The Morgan fingerprint density at radius 3 is 2.27 bits per heavy atom. The largest absolute Gasteiger partial charge is 0.480 e. The highest BCUT2D eigenvalue weighted by atomic mass is 32.1. The van der Waals surface area contributed by atoms with Gasteiger partial charge in [0, 0.05) is 10.6 Å². The second-order valence-electron chi connectivity index (χ2n) is 9.88. The van der Waals surface area contributed by atoms with Gasteiger partial charge in [0.15, 0.2) is 0 Å². The number of hydrogen-bond acceptors (Lipinski definition) is 4. The molecule has 1 atom stereocenters. The van der Waals surface area contributed by atoms with Crippen LogP contribution in [0.25, 0.3) is 10.4 Å². The van der Waals surface area contributed by atoms with Gasteiger partial charge in [0.2, 0.25) is 0 Å². The summed E-state index contributed by atoms with van der Waals surface area (Å²) in [5, 5.41) is 20.6. The Hall–Kier alpha value is -3.65. The van der Waals surface area contributed by atoms with Gasteiger partial charge in [-0.1, -0.05) is 49.6 Å². The molecule has 0 bridgehead atoms. The van der Waals surface area contributed by atoms with E-state index in [0.717, 1.165) is 53.7 Å². The number of urea groups is 1. The molecule has 2 aromatic carbocycles. The van der Waals surface area contributed by atoms with E-state index in [0.29, 0.717) is 11.4 Å². The Labute approximate surface area is 221 Å². The highest BCUT2D eigenvalue weighted by Crippen LogP contribution is 2.34. The zero-order chi connectivity index (χ0) is 26.6. The Balaban J connectivity index is 1.64. The number of anilines is 2. The highest BCUT2D eigenvalue weighted by molar-refractivity contribution is 7.13. The van der Waals surface area contributed by atoms with E-state index in [1.165, 1.54) is 0 Å². The number of carbonyl (C=O) groups is 3. The lowest BCUT2D eigenvalue weighted by atomic mass is 9.75. The molecular weight excluding hydrogens is 486 g/mol. The molecule has 0 unspecified atom stereocenters. The lowest BCUT2D eigenvalue weighted by Crippen LogP contribution is -2.57. The first-order chi connectivity index (χ1) is 17.7. The molecule has 1 aliphatic rings. The minimum absolute atomic E-state index is 0.156. The van der Waals surface area contributed by atoms with Crippen molar-refractivity contribution in [3.8, 4) is 10.4 Å². The summed E-state index contributed by atoms with van der Waals surface area (Å²) in [7, 11) is 0. The van der Waals surface area contributed by atoms with Crippen molar-refractivity contribution < 1.29 is 19.5 Å². The summed E-state index contributed by atoms with van der Waals surface area (Å²) in [6.07, 6.45) is 4.48. The molecule has 1 fully saturated rings. The van der Waals surface area contributed by atoms with Crippen molar-refractivity contribution in [3.05, 3.63) is 70.6 Å². The van der Waals surface area contributed by atoms with Crippen LogP contribution in [-0.2, 0) is 4.79 Å². The molecular formula is C29H33N3O4S. The SMILES string of the molecule is Cc1cccc(C)c1NC(=O)Nc1cc(-c2cccs2)ccc1C(=O)N[C@](C)(C(=O)O)C1CCCCC1. The molecule has 3 aromatic rings. The lowest BCUT2D eigenvalue weighted by Gasteiger charge is -2.37. The van der Waals surface area contributed by atoms with Crippen LogP contribution in [0.1, 0.15) is 60.5 Å². The minimum Gasteiger partial charge on any atom is -0.480 e. The van der Waals surface area contributed by atoms with Crippen molar-refractivity contribution in [1.82, 2.24) is 5.32 Å². The van der Waals surface area contributed by atoms with Gasteiger partial charge in [0.1, 0.15) is 5.54 Å². The fraction of sp³-hybridized carbons (Fsp3) is 0.345. The Kier molecular flexibility index (Phi) is 7.97. The molecule has 1 aromatic heterocycles. The van der Waals surface area contributed by atoms with Gasteiger partial charge in [-0.3, -0.25) is 4.79 Å². The molecule has 7 nitrogen and oxygen atoms in total. The summed E-state index contributed by atoms with van der Waals surface area (Å²) in [5.74, 6) is -1.74. The number of carboxylic acids is 1. The average molecular weight is 520 g/mol. The van der Waals surface area contributed by atoms with Gasteiger partial charge in [-0.2, -0.15) is 0 Å². The number of aryl methyl sites for hydroxylation is 2. The summed E-state index contributed by atoms with van der Waals surface area (Å²) in [6, 6.07) is 14.4. The van der Waals surface area contributed by atoms with Crippen LogP contribution in [0, 0.1) is 19.8 Å². The van der Waals surface area contributed by atoms with Gasteiger partial charge in [-0.25, -0.2) is 9.59 Å². The first-order valence-electron chi connectivity index (χ1n) is 12.6. The maximum absolute atomic E-state index is 13.5. The van der Waals surface area contributed by atoms with Crippen LogP contribution in [0.4, 0.5) is 16.2 Å². The summed E-state index contributed by atoms with van der Waals surface area (Å²) >= 11 is 1.55. The quantitative estimate of drug-likeness (QED) is 0.274. The van der Waals surface area contributed by atoms with E-state index in [9.17, 15) is 19.5 Å². The van der Waals surface area contributed by atoms with Gasteiger partial charge in [0.05, 0.1) is 11.3 Å². The first kappa shape index (κ1) is 26.4. The molecule has 0 radical (unpaired) electrons. The predicted molar refractivity (Wildman–Crippen MR) is 148 cm³/mol. The van der Waals surface area contributed by atoms with Crippen molar-refractivity contribution >= 4 is 40.6 Å². The second-order valence-corrected chi connectivity index (χ2v) is 10.8. The molecule has 0 aliphatic heterocycles. The molecule has 37 heavy (non-hydrogen) atoms. The number of aliphatic carboxylic acids is 1. The number of carboxylic acid groups (broad SMARTS) is 1. The van der Waals surface area contributed by atoms with E-state index in [4.69, 9.17) is 0 Å². The van der Waals surface area contributed by atoms with E-state index < -0.39 is 23.4 Å². The van der Waals surface area contributed by atoms with Gasteiger partial charge in [-0.15, -0.1) is 11.3 Å². The minimum atomic E-state index is -1.40. The van der Waals surface area contributed by atoms with Crippen molar-refractivity contribution in [2.45, 2.75) is 58.4 Å². The number of nitrogens with one attached hydrogen (secondary N) is 3. The third-order valence-corrected chi connectivity index (χ3v) is 8.20. The molecule has 4 rings (SSSR count). The van der Waals surface area contributed by atoms with Gasteiger partial charge in [0.25, 0.3) is 5.91 Å². The molecule has 3 amide bonds. The van der Waals surface area contributed by atoms with Crippen LogP contribution in [0.15, 0.2) is 53.9 Å². The van der Waals surface area contributed by atoms with Crippen molar-refractivity contribution in [1.29, 1.82) is 0 Å². The molecule has 1 heterocycles. The molecule has 4 N–H and O–H groups in total. The van der Waals surface area contributed by atoms with Gasteiger partial charge >= 0.3 is 12.0 Å². The van der Waals surface area contributed by atoms with Crippen molar-refractivity contribution in [3.63, 3.8) is 0 Å². The summed E-state index contributed by atoms with van der Waals surface area (Å²) in [5.41, 5.74) is 2.51. The Morgan fingerprint density at radius 2 is 1.65 bits per heavy atom. The standard InChI is InChI=1S/C29H33N3O4S/c1-18-9-7-10-19(2)25(18)31-28(36)30-23-17-20(24-13-8-16-37-24)14-15-22(23)26(33)32-29(3,27(34)35)21-11-5-4-6-12-21/h7-10,13-17,21H,4-6,11-12H2,1-3H3,(H,32,33)(H,34,35)(H2,30,31,36)/t29-/m0/s1. The number of thiophene rings is 1. The monoisotopic (exact) mass is 519 g/mol. The van der Waals surface area contributed by atoms with Crippen molar-refractivity contribution in [2.75, 3.05) is 10.6 Å². The van der Waals surface area contributed by atoms with Crippen molar-refractivity contribution in [2.24, 2.45) is 5.92 Å². The molecule has 0 spiro atoms. The first-order valence-corrected chi connectivity index (χ1v) is 13.4. The van der Waals surface area contributed by atoms with E-state index in [1.54, 1.807) is 30.4 Å².